The zero-order valence-electron chi connectivity index (χ0n) is 12.0. The lowest BCUT2D eigenvalue weighted by atomic mass is 10.1. The minimum Gasteiger partial charge on any atom is -0.319 e. The highest BCUT2D eigenvalue weighted by Gasteiger charge is 2.21. The van der Waals surface area contributed by atoms with Gasteiger partial charge in [-0.15, -0.1) is 0 Å². The summed E-state index contributed by atoms with van der Waals surface area (Å²) in [5.41, 5.74) is 1.15. The van der Waals surface area contributed by atoms with Gasteiger partial charge in [-0.2, -0.15) is 4.31 Å². The average molecular weight is 284 g/mol. The van der Waals surface area contributed by atoms with Crippen LogP contribution in [0.1, 0.15) is 25.8 Å². The molecule has 5 heteroatoms. The lowest BCUT2D eigenvalue weighted by molar-refractivity contribution is 0.427. The minimum absolute atomic E-state index is 0.385. The van der Waals surface area contributed by atoms with Crippen LogP contribution in [0.15, 0.2) is 29.2 Å². The number of likely N-dealkylation sites (N-methyl/N-ethyl adjacent to an activating group) is 1. The second-order valence-electron chi connectivity index (χ2n) is 4.49. The van der Waals surface area contributed by atoms with E-state index in [4.69, 9.17) is 0 Å². The zero-order valence-corrected chi connectivity index (χ0v) is 12.8. The second kappa shape index (κ2) is 7.62. The number of hydrogen-bond acceptors (Lipinski definition) is 3. The number of sulfonamides is 1. The molecule has 1 aromatic rings. The van der Waals surface area contributed by atoms with Crippen LogP contribution in [0.2, 0.25) is 0 Å². The first-order valence-electron chi connectivity index (χ1n) is 6.80. The van der Waals surface area contributed by atoms with Gasteiger partial charge in [-0.25, -0.2) is 8.42 Å². The van der Waals surface area contributed by atoms with E-state index in [-0.39, 0.29) is 0 Å². The van der Waals surface area contributed by atoms with Crippen molar-refractivity contribution in [1.29, 1.82) is 0 Å². The molecule has 1 rings (SSSR count). The van der Waals surface area contributed by atoms with Crippen molar-refractivity contribution in [2.75, 3.05) is 26.7 Å². The highest BCUT2D eigenvalue weighted by molar-refractivity contribution is 7.89. The molecule has 4 nitrogen and oxygen atoms in total. The molecule has 1 N–H and O–H groups in total. The fraction of sp³-hybridized carbons (Fsp3) is 0.571. The third-order valence-corrected chi connectivity index (χ3v) is 5.04. The van der Waals surface area contributed by atoms with E-state index in [0.29, 0.717) is 18.0 Å². The molecule has 0 saturated heterocycles. The monoisotopic (exact) mass is 284 g/mol. The van der Waals surface area contributed by atoms with E-state index < -0.39 is 10.0 Å². The van der Waals surface area contributed by atoms with Crippen LogP contribution in [-0.4, -0.2) is 39.4 Å². The molecule has 0 amide bonds. The van der Waals surface area contributed by atoms with Gasteiger partial charge in [0.05, 0.1) is 4.90 Å². The second-order valence-corrected chi connectivity index (χ2v) is 6.43. The number of benzene rings is 1. The molecular formula is C14H24N2O2S. The minimum atomic E-state index is -3.33. The average Bonchev–Trinajstić information content (AvgIpc) is 2.42. The van der Waals surface area contributed by atoms with E-state index in [2.05, 4.69) is 5.32 Å². The van der Waals surface area contributed by atoms with Crippen molar-refractivity contribution in [2.45, 2.75) is 31.6 Å². The Morgan fingerprint density at radius 3 is 2.26 bits per heavy atom. The maximum Gasteiger partial charge on any atom is 0.243 e. The van der Waals surface area contributed by atoms with Crippen LogP contribution >= 0.6 is 0 Å². The largest absolute Gasteiger partial charge is 0.319 e. The Labute approximate surface area is 116 Å². The summed E-state index contributed by atoms with van der Waals surface area (Å²) in [4.78, 5) is 0.385. The van der Waals surface area contributed by atoms with Gasteiger partial charge in [0.2, 0.25) is 10.0 Å². The molecule has 0 heterocycles. The summed E-state index contributed by atoms with van der Waals surface area (Å²) in [5.74, 6) is 0. The molecule has 0 spiro atoms. The molecule has 0 bridgehead atoms. The molecule has 1 aromatic carbocycles. The van der Waals surface area contributed by atoms with E-state index >= 15 is 0 Å². The Kier molecular flexibility index (Phi) is 6.48. The SMILES string of the molecule is CCCN(CC)S(=O)(=O)c1ccc(CCNC)cc1. The maximum absolute atomic E-state index is 12.4. The van der Waals surface area contributed by atoms with Crippen LogP contribution in [-0.2, 0) is 16.4 Å². The normalized spacial score (nSPS) is 12.0. The van der Waals surface area contributed by atoms with E-state index in [1.807, 2.05) is 33.0 Å². The van der Waals surface area contributed by atoms with E-state index in [1.165, 1.54) is 4.31 Å². The Bertz CT molecular complexity index is 469. The molecule has 0 fully saturated rings. The molecule has 0 aliphatic rings. The van der Waals surface area contributed by atoms with Crippen LogP contribution in [0, 0.1) is 0 Å². The van der Waals surface area contributed by atoms with Gasteiger partial charge in [-0.05, 0) is 44.1 Å². The van der Waals surface area contributed by atoms with Crippen molar-refractivity contribution < 1.29 is 8.42 Å². The number of rotatable bonds is 8. The fourth-order valence-electron chi connectivity index (χ4n) is 1.94. The summed E-state index contributed by atoms with van der Waals surface area (Å²) in [6.45, 7) is 5.83. The van der Waals surface area contributed by atoms with Crippen molar-refractivity contribution in [3.63, 3.8) is 0 Å². The summed E-state index contributed by atoms with van der Waals surface area (Å²) >= 11 is 0. The molecular weight excluding hydrogens is 260 g/mol. The standard InChI is InChI=1S/C14H24N2O2S/c1-4-12-16(5-2)19(17,18)14-8-6-13(7-9-14)10-11-15-3/h6-9,15H,4-5,10-12H2,1-3H3. The molecule has 0 aromatic heterocycles. The Morgan fingerprint density at radius 2 is 1.79 bits per heavy atom. The van der Waals surface area contributed by atoms with Gasteiger partial charge >= 0.3 is 0 Å². The fourth-order valence-corrected chi connectivity index (χ4v) is 3.49. The van der Waals surface area contributed by atoms with Gasteiger partial charge in [-0.1, -0.05) is 26.0 Å². The van der Waals surface area contributed by atoms with E-state index in [0.717, 1.165) is 24.9 Å². The first-order chi connectivity index (χ1) is 9.06. The molecule has 108 valence electrons. The quantitative estimate of drug-likeness (QED) is 0.793. The Morgan fingerprint density at radius 1 is 1.16 bits per heavy atom. The smallest absolute Gasteiger partial charge is 0.243 e. The Hall–Kier alpha value is -0.910. The summed E-state index contributed by atoms with van der Waals surface area (Å²) in [5, 5.41) is 3.08. The third kappa shape index (κ3) is 4.30. The summed E-state index contributed by atoms with van der Waals surface area (Å²) in [7, 11) is -1.43. The van der Waals surface area contributed by atoms with E-state index in [1.54, 1.807) is 12.1 Å². The zero-order chi connectivity index (χ0) is 14.3. The van der Waals surface area contributed by atoms with Gasteiger partial charge in [0.25, 0.3) is 0 Å². The summed E-state index contributed by atoms with van der Waals surface area (Å²) in [6.07, 6.45) is 1.73. The summed E-state index contributed by atoms with van der Waals surface area (Å²) in [6, 6.07) is 7.20. The van der Waals surface area contributed by atoms with Crippen LogP contribution in [0.25, 0.3) is 0 Å². The van der Waals surface area contributed by atoms with E-state index in [9.17, 15) is 8.42 Å². The molecule has 0 saturated carbocycles. The van der Waals surface area contributed by atoms with Crippen LogP contribution in [0.5, 0.6) is 0 Å². The van der Waals surface area contributed by atoms with Crippen LogP contribution < -0.4 is 5.32 Å². The molecule has 19 heavy (non-hydrogen) atoms. The molecule has 0 radical (unpaired) electrons. The van der Waals surface area contributed by atoms with Crippen molar-refractivity contribution in [1.82, 2.24) is 9.62 Å². The van der Waals surface area contributed by atoms with Gasteiger partial charge in [0.1, 0.15) is 0 Å². The Balaban J connectivity index is 2.89. The van der Waals surface area contributed by atoms with Crippen LogP contribution in [0.3, 0.4) is 0 Å². The molecule has 0 unspecified atom stereocenters. The highest BCUT2D eigenvalue weighted by Crippen LogP contribution is 2.16. The van der Waals surface area contributed by atoms with Gasteiger partial charge in [0.15, 0.2) is 0 Å². The lowest BCUT2D eigenvalue weighted by Crippen LogP contribution is -2.31. The van der Waals surface area contributed by atoms with Gasteiger partial charge in [-0.3, -0.25) is 0 Å². The topological polar surface area (TPSA) is 49.4 Å². The van der Waals surface area contributed by atoms with Crippen LogP contribution in [0.4, 0.5) is 0 Å². The molecule has 0 aliphatic heterocycles. The molecule has 0 aliphatic carbocycles. The van der Waals surface area contributed by atoms with Crippen molar-refractivity contribution in [3.8, 4) is 0 Å². The van der Waals surface area contributed by atoms with Crippen molar-refractivity contribution in [2.24, 2.45) is 0 Å². The molecule has 0 atom stereocenters. The summed E-state index contributed by atoms with van der Waals surface area (Å²) < 4.78 is 26.3. The predicted octanol–water partition coefficient (Wildman–Crippen LogP) is 1.87. The maximum atomic E-state index is 12.4. The van der Waals surface area contributed by atoms with Gasteiger partial charge in [0, 0.05) is 13.1 Å². The first-order valence-corrected chi connectivity index (χ1v) is 8.24. The predicted molar refractivity (Wildman–Crippen MR) is 78.8 cm³/mol. The lowest BCUT2D eigenvalue weighted by Gasteiger charge is -2.19. The number of nitrogens with one attached hydrogen (secondary N) is 1. The number of nitrogens with zero attached hydrogens (tertiary/aromatic N) is 1. The third-order valence-electron chi connectivity index (χ3n) is 3.05. The highest BCUT2D eigenvalue weighted by atomic mass is 32.2. The van der Waals surface area contributed by atoms with Crippen molar-refractivity contribution in [3.05, 3.63) is 29.8 Å². The number of hydrogen-bond donors (Lipinski definition) is 1. The van der Waals surface area contributed by atoms with Crippen molar-refractivity contribution >= 4 is 10.0 Å². The first kappa shape index (κ1) is 16.1. The van der Waals surface area contributed by atoms with Gasteiger partial charge < -0.3 is 5.32 Å².